The van der Waals surface area contributed by atoms with Crippen molar-refractivity contribution in [3.8, 4) is 23.0 Å². The molecule has 3 heterocycles. The van der Waals surface area contributed by atoms with Gasteiger partial charge in [0.25, 0.3) is 11.9 Å². The van der Waals surface area contributed by atoms with Crippen LogP contribution >= 0.6 is 0 Å². The molecule has 1 fully saturated rings. The summed E-state index contributed by atoms with van der Waals surface area (Å²) in [7, 11) is 1.41. The zero-order valence-electron chi connectivity index (χ0n) is 18.1. The number of methoxy groups -OCH3 is 1. The van der Waals surface area contributed by atoms with E-state index in [1.165, 1.54) is 19.4 Å². The topological polar surface area (TPSA) is 108 Å². The van der Waals surface area contributed by atoms with Crippen LogP contribution in [-0.4, -0.2) is 37.9 Å². The van der Waals surface area contributed by atoms with Crippen molar-refractivity contribution in [2.75, 3.05) is 7.11 Å². The van der Waals surface area contributed by atoms with Gasteiger partial charge >= 0.3 is 0 Å². The van der Waals surface area contributed by atoms with Crippen molar-refractivity contribution in [1.82, 2.24) is 30.2 Å². The Bertz CT molecular complexity index is 1330. The van der Waals surface area contributed by atoms with Crippen molar-refractivity contribution in [3.05, 3.63) is 71.3 Å². The SMILES string of the molecule is COc1ccc(-c2ccnc(-n3ncc(C(=O)NCc4cc(C)no4)c3C3CC3)n2)cc1F. The smallest absolute Gasteiger partial charge is 0.255 e. The number of benzene rings is 1. The molecule has 0 bridgehead atoms. The highest BCUT2D eigenvalue weighted by Gasteiger charge is 2.33. The minimum Gasteiger partial charge on any atom is -0.494 e. The molecule has 10 heteroatoms. The van der Waals surface area contributed by atoms with Crippen molar-refractivity contribution < 1.29 is 18.4 Å². The van der Waals surface area contributed by atoms with E-state index in [2.05, 4.69) is 25.5 Å². The predicted octanol–water partition coefficient (Wildman–Crippen LogP) is 3.58. The molecule has 1 saturated carbocycles. The van der Waals surface area contributed by atoms with Gasteiger partial charge in [-0.2, -0.15) is 5.10 Å². The Hall–Kier alpha value is -4.08. The first-order chi connectivity index (χ1) is 16.0. The monoisotopic (exact) mass is 448 g/mol. The maximum Gasteiger partial charge on any atom is 0.255 e. The Kier molecular flexibility index (Phi) is 5.33. The van der Waals surface area contributed by atoms with Gasteiger partial charge in [-0.25, -0.2) is 19.0 Å². The van der Waals surface area contributed by atoms with E-state index in [1.54, 1.807) is 35.1 Å². The molecule has 3 aromatic heterocycles. The first-order valence-corrected chi connectivity index (χ1v) is 10.5. The largest absolute Gasteiger partial charge is 0.494 e. The second kappa shape index (κ2) is 8.45. The lowest BCUT2D eigenvalue weighted by Crippen LogP contribution is -2.23. The fraction of sp³-hybridized carbons (Fsp3) is 0.261. The molecule has 33 heavy (non-hydrogen) atoms. The maximum absolute atomic E-state index is 14.2. The Labute approximate surface area is 188 Å². The van der Waals surface area contributed by atoms with E-state index in [9.17, 15) is 9.18 Å². The fourth-order valence-corrected chi connectivity index (χ4v) is 3.64. The van der Waals surface area contributed by atoms with Gasteiger partial charge in [0.15, 0.2) is 17.3 Å². The predicted molar refractivity (Wildman–Crippen MR) is 115 cm³/mol. The summed E-state index contributed by atoms with van der Waals surface area (Å²) in [6, 6.07) is 8.10. The van der Waals surface area contributed by atoms with Crippen LogP contribution in [0.15, 0.2) is 47.2 Å². The van der Waals surface area contributed by atoms with Crippen LogP contribution in [0.4, 0.5) is 4.39 Å². The number of hydrogen-bond donors (Lipinski definition) is 1. The first-order valence-electron chi connectivity index (χ1n) is 10.5. The molecule has 9 nitrogen and oxygen atoms in total. The number of hydrogen-bond acceptors (Lipinski definition) is 7. The minimum absolute atomic E-state index is 0.160. The third-order valence-electron chi connectivity index (χ3n) is 5.39. The highest BCUT2D eigenvalue weighted by atomic mass is 19.1. The van der Waals surface area contributed by atoms with Crippen LogP contribution in [0.5, 0.6) is 5.75 Å². The van der Waals surface area contributed by atoms with E-state index in [0.717, 1.165) is 24.2 Å². The summed E-state index contributed by atoms with van der Waals surface area (Å²) >= 11 is 0. The summed E-state index contributed by atoms with van der Waals surface area (Å²) in [5, 5.41) is 11.1. The average Bonchev–Trinajstić information content (AvgIpc) is 3.43. The van der Waals surface area contributed by atoms with Gasteiger partial charge in [-0.1, -0.05) is 5.16 Å². The zero-order valence-corrected chi connectivity index (χ0v) is 18.1. The summed E-state index contributed by atoms with van der Waals surface area (Å²) < 4.78 is 25.9. The number of amides is 1. The second-order valence-corrected chi connectivity index (χ2v) is 7.84. The molecule has 1 aromatic carbocycles. The number of ether oxygens (including phenoxy) is 1. The van der Waals surface area contributed by atoms with Crippen molar-refractivity contribution >= 4 is 5.91 Å². The third-order valence-corrected chi connectivity index (χ3v) is 5.39. The van der Waals surface area contributed by atoms with Crippen LogP contribution in [0.3, 0.4) is 0 Å². The van der Waals surface area contributed by atoms with Gasteiger partial charge in [-0.05, 0) is 44.0 Å². The average molecular weight is 448 g/mol. The standard InChI is InChI=1S/C23H21FN6O3/c1-13-9-16(33-29-13)11-26-22(31)17-12-27-30(21(17)14-3-4-14)23-25-8-7-19(28-23)15-5-6-20(32-2)18(24)10-15/h5-10,12,14H,3-4,11H2,1-2H3,(H,26,31). The number of carbonyl (C=O) groups is 1. The van der Waals surface area contributed by atoms with Gasteiger partial charge in [-0.15, -0.1) is 0 Å². The third kappa shape index (κ3) is 4.19. The van der Waals surface area contributed by atoms with Crippen molar-refractivity contribution in [2.45, 2.75) is 32.2 Å². The summed E-state index contributed by atoms with van der Waals surface area (Å²) in [5.41, 5.74) is 3.10. The molecule has 1 N–H and O–H groups in total. The molecule has 0 spiro atoms. The number of aromatic nitrogens is 5. The normalized spacial score (nSPS) is 13.2. The quantitative estimate of drug-likeness (QED) is 0.460. The molecule has 4 aromatic rings. The molecule has 0 unspecified atom stereocenters. The highest BCUT2D eigenvalue weighted by Crippen LogP contribution is 2.42. The highest BCUT2D eigenvalue weighted by molar-refractivity contribution is 5.95. The molecule has 0 aliphatic heterocycles. The van der Waals surface area contributed by atoms with Crippen LogP contribution < -0.4 is 10.1 Å². The number of halogens is 1. The van der Waals surface area contributed by atoms with Gasteiger partial charge < -0.3 is 14.6 Å². The van der Waals surface area contributed by atoms with Gasteiger partial charge in [0, 0.05) is 23.7 Å². The molecular formula is C23H21FN6O3. The molecule has 1 aliphatic carbocycles. The lowest BCUT2D eigenvalue weighted by atomic mass is 10.1. The van der Waals surface area contributed by atoms with Gasteiger partial charge in [-0.3, -0.25) is 4.79 Å². The minimum atomic E-state index is -0.478. The van der Waals surface area contributed by atoms with Crippen molar-refractivity contribution in [2.24, 2.45) is 0 Å². The Morgan fingerprint density at radius 2 is 2.15 bits per heavy atom. The van der Waals surface area contributed by atoms with Gasteiger partial charge in [0.2, 0.25) is 0 Å². The Morgan fingerprint density at radius 1 is 1.30 bits per heavy atom. The number of aryl methyl sites for hydroxylation is 1. The van der Waals surface area contributed by atoms with E-state index in [1.807, 2.05) is 6.92 Å². The summed E-state index contributed by atoms with van der Waals surface area (Å²) in [5.74, 6) is 0.512. The number of nitrogens with zero attached hydrogens (tertiary/aromatic N) is 5. The van der Waals surface area contributed by atoms with E-state index in [0.29, 0.717) is 28.5 Å². The van der Waals surface area contributed by atoms with Crippen LogP contribution in [0.2, 0.25) is 0 Å². The molecule has 1 aliphatic rings. The summed E-state index contributed by atoms with van der Waals surface area (Å²) in [4.78, 5) is 21.8. The Morgan fingerprint density at radius 3 is 2.85 bits per heavy atom. The van der Waals surface area contributed by atoms with Gasteiger partial charge in [0.05, 0.1) is 42.5 Å². The molecule has 168 valence electrons. The number of rotatable bonds is 7. The van der Waals surface area contributed by atoms with E-state index in [-0.39, 0.29) is 24.1 Å². The summed E-state index contributed by atoms with van der Waals surface area (Å²) in [6.45, 7) is 2.04. The lowest BCUT2D eigenvalue weighted by molar-refractivity contribution is 0.0946. The molecule has 0 radical (unpaired) electrons. The van der Waals surface area contributed by atoms with E-state index < -0.39 is 5.82 Å². The van der Waals surface area contributed by atoms with Crippen LogP contribution in [0.1, 0.15) is 46.3 Å². The van der Waals surface area contributed by atoms with Crippen LogP contribution in [0.25, 0.3) is 17.2 Å². The molecule has 5 rings (SSSR count). The number of nitrogens with one attached hydrogen (secondary N) is 1. The Balaban J connectivity index is 1.44. The second-order valence-electron chi connectivity index (χ2n) is 7.84. The van der Waals surface area contributed by atoms with Crippen LogP contribution in [-0.2, 0) is 6.54 Å². The fourth-order valence-electron chi connectivity index (χ4n) is 3.64. The van der Waals surface area contributed by atoms with Crippen LogP contribution in [0, 0.1) is 12.7 Å². The van der Waals surface area contributed by atoms with Gasteiger partial charge in [0.1, 0.15) is 0 Å². The molecule has 1 amide bonds. The van der Waals surface area contributed by atoms with E-state index in [4.69, 9.17) is 9.26 Å². The zero-order chi connectivity index (χ0) is 22.9. The first kappa shape index (κ1) is 20.8. The molecular weight excluding hydrogens is 427 g/mol. The summed E-state index contributed by atoms with van der Waals surface area (Å²) in [6.07, 6.45) is 5.02. The van der Waals surface area contributed by atoms with Crippen molar-refractivity contribution in [1.29, 1.82) is 0 Å². The molecule has 0 atom stereocenters. The molecule has 0 saturated heterocycles. The van der Waals surface area contributed by atoms with E-state index >= 15 is 0 Å². The maximum atomic E-state index is 14.2. The number of carbonyl (C=O) groups excluding carboxylic acids is 1. The van der Waals surface area contributed by atoms with Crippen molar-refractivity contribution in [3.63, 3.8) is 0 Å². The lowest BCUT2D eigenvalue weighted by Gasteiger charge is -2.09.